The van der Waals surface area contributed by atoms with Gasteiger partial charge in [0.05, 0.1) is 24.4 Å². The normalized spacial score (nSPS) is 36.7. The van der Waals surface area contributed by atoms with Gasteiger partial charge in [-0.1, -0.05) is 121 Å². The lowest BCUT2D eigenvalue weighted by molar-refractivity contribution is 0.0374. The molecule has 49 heavy (non-hydrogen) atoms. The minimum Gasteiger partial charge on any atom is -0.346 e. The van der Waals surface area contributed by atoms with Crippen LogP contribution in [0.5, 0.6) is 0 Å². The molecule has 11 rings (SSSR count). The average Bonchev–Trinajstić information content (AvgIpc) is 3.76. The molecule has 0 amide bonds. The van der Waals surface area contributed by atoms with Gasteiger partial charge in [0.2, 0.25) is 0 Å². The SMILES string of the molecule is c1ccc(C2=NC3NC(c4ccccc4)NC4B5C6NC(c7ccccc7)NC7N=C(c8ccccc8)N(C8CCCC(C58)N2C34)C76)cc1. The Hall–Kier alpha value is -4.28. The molecule has 1 saturated carbocycles. The summed E-state index contributed by atoms with van der Waals surface area (Å²) in [6, 6.07) is 45.0. The third kappa shape index (κ3) is 4.26. The summed E-state index contributed by atoms with van der Waals surface area (Å²) >= 11 is 0. The molecule has 4 saturated heterocycles. The fourth-order valence-corrected chi connectivity index (χ4v) is 10.9. The molecule has 7 aliphatic rings. The molecule has 10 atom stereocenters. The molecule has 0 aromatic heterocycles. The summed E-state index contributed by atoms with van der Waals surface area (Å²) in [5, 5.41) is 16.5. The highest BCUT2D eigenvalue weighted by Crippen LogP contribution is 2.54. The third-order valence-electron chi connectivity index (χ3n) is 12.6. The first-order chi connectivity index (χ1) is 24.3. The number of hydrogen-bond donors (Lipinski definition) is 4. The van der Waals surface area contributed by atoms with E-state index in [4.69, 9.17) is 9.98 Å². The highest BCUT2D eigenvalue weighted by molar-refractivity contribution is 6.66. The van der Waals surface area contributed by atoms with Gasteiger partial charge in [-0.25, -0.2) is 9.98 Å². The van der Waals surface area contributed by atoms with Crippen molar-refractivity contribution in [2.24, 2.45) is 9.98 Å². The Morgan fingerprint density at radius 3 is 1.35 bits per heavy atom. The number of benzene rings is 4. The van der Waals surface area contributed by atoms with Crippen LogP contribution in [0.2, 0.25) is 5.82 Å². The van der Waals surface area contributed by atoms with Crippen molar-refractivity contribution in [2.45, 2.75) is 85.8 Å². The standard InChI is InChI=1S/C40H41BN8/c1-5-14-24(15-6-1)35-42-33-31-37(44-35)46-39(26-18-9-3-10-19-26)48(31)28-22-13-23-29-30(28)41(33)34-32-38(45-36(43-34)25-16-7-2-8-17-25)47-40(49(29)32)27-20-11-4-12-21-27/h1-12,14-21,28-38,42-45H,13,22-23H2. The molecule has 6 aliphatic heterocycles. The molecule has 244 valence electrons. The Bertz CT molecular complexity index is 1770. The Kier molecular flexibility index (Phi) is 6.48. The van der Waals surface area contributed by atoms with Crippen molar-refractivity contribution in [1.82, 2.24) is 31.1 Å². The van der Waals surface area contributed by atoms with E-state index in [2.05, 4.69) is 152 Å². The van der Waals surface area contributed by atoms with Crippen LogP contribution in [0.1, 0.15) is 53.8 Å². The Balaban J connectivity index is 1.08. The number of rotatable bonds is 4. The summed E-state index contributed by atoms with van der Waals surface area (Å²) in [7, 11) is 0. The third-order valence-corrected chi connectivity index (χ3v) is 12.6. The second-order valence-electron chi connectivity index (χ2n) is 14.9. The fourth-order valence-electron chi connectivity index (χ4n) is 10.9. The molecule has 4 aromatic carbocycles. The molecule has 9 heteroatoms. The first-order valence-corrected chi connectivity index (χ1v) is 18.3. The van der Waals surface area contributed by atoms with Crippen LogP contribution >= 0.6 is 0 Å². The summed E-state index contributed by atoms with van der Waals surface area (Å²) in [5.74, 6) is 3.23. The summed E-state index contributed by atoms with van der Waals surface area (Å²) in [6.07, 6.45) is 3.64. The Morgan fingerprint density at radius 2 is 0.918 bits per heavy atom. The lowest BCUT2D eigenvalue weighted by Crippen LogP contribution is -2.86. The number of nitrogens with one attached hydrogen (secondary N) is 4. The lowest BCUT2D eigenvalue weighted by atomic mass is 9.23. The molecular weight excluding hydrogens is 603 g/mol. The number of amidine groups is 2. The van der Waals surface area contributed by atoms with Crippen LogP contribution in [0, 0.1) is 0 Å². The highest BCUT2D eigenvalue weighted by atomic mass is 15.5. The van der Waals surface area contributed by atoms with Gasteiger partial charge >= 0.3 is 0 Å². The van der Waals surface area contributed by atoms with Crippen molar-refractivity contribution in [3.05, 3.63) is 144 Å². The zero-order chi connectivity index (χ0) is 32.1. The fraction of sp³-hybridized carbons (Fsp3) is 0.350. The molecule has 0 radical (unpaired) electrons. The molecule has 1 aliphatic carbocycles. The van der Waals surface area contributed by atoms with Gasteiger partial charge in [-0.2, -0.15) is 0 Å². The molecule has 0 bridgehead atoms. The van der Waals surface area contributed by atoms with Gasteiger partial charge in [0.1, 0.15) is 24.0 Å². The molecular formula is C40H41BN8. The maximum absolute atomic E-state index is 5.60. The van der Waals surface area contributed by atoms with Crippen LogP contribution in [-0.2, 0) is 0 Å². The smallest absolute Gasteiger partial charge is 0.193 e. The summed E-state index contributed by atoms with van der Waals surface area (Å²) in [4.78, 5) is 16.8. The van der Waals surface area contributed by atoms with E-state index in [1.165, 1.54) is 41.5 Å². The van der Waals surface area contributed by atoms with Gasteiger partial charge in [0.25, 0.3) is 0 Å². The zero-order valence-electron chi connectivity index (χ0n) is 27.4. The van der Waals surface area contributed by atoms with E-state index in [0.717, 1.165) is 11.7 Å². The molecule has 10 unspecified atom stereocenters. The van der Waals surface area contributed by atoms with E-state index in [1.54, 1.807) is 0 Å². The maximum Gasteiger partial charge on any atom is 0.193 e. The average molecular weight is 645 g/mol. The number of aliphatic imine (C=N–C) groups is 2. The van der Waals surface area contributed by atoms with Crippen LogP contribution in [-0.4, -0.2) is 76.6 Å². The van der Waals surface area contributed by atoms with E-state index in [0.29, 0.717) is 24.6 Å². The molecule has 6 heterocycles. The van der Waals surface area contributed by atoms with Crippen LogP contribution in [0.25, 0.3) is 0 Å². The van der Waals surface area contributed by atoms with Gasteiger partial charge in [0, 0.05) is 35.1 Å². The van der Waals surface area contributed by atoms with Crippen LogP contribution < -0.4 is 21.3 Å². The van der Waals surface area contributed by atoms with Crippen LogP contribution in [0.3, 0.4) is 0 Å². The largest absolute Gasteiger partial charge is 0.346 e. The second-order valence-corrected chi connectivity index (χ2v) is 14.9. The zero-order valence-corrected chi connectivity index (χ0v) is 27.4. The topological polar surface area (TPSA) is 79.3 Å². The van der Waals surface area contributed by atoms with Crippen molar-refractivity contribution in [2.75, 3.05) is 0 Å². The quantitative estimate of drug-likeness (QED) is 0.248. The minimum absolute atomic E-state index is 0.00755. The van der Waals surface area contributed by atoms with Crippen molar-refractivity contribution in [3.63, 3.8) is 0 Å². The van der Waals surface area contributed by atoms with Gasteiger partial charge in [-0.3, -0.25) is 10.6 Å². The van der Waals surface area contributed by atoms with Gasteiger partial charge in [0.15, 0.2) is 6.71 Å². The highest BCUT2D eigenvalue weighted by Gasteiger charge is 2.69. The summed E-state index contributed by atoms with van der Waals surface area (Å²) in [6.45, 7) is 0.403. The Labute approximate surface area is 288 Å². The van der Waals surface area contributed by atoms with E-state index in [1.807, 2.05) is 0 Å². The Morgan fingerprint density at radius 1 is 0.510 bits per heavy atom. The number of hydrogen-bond acceptors (Lipinski definition) is 8. The van der Waals surface area contributed by atoms with E-state index < -0.39 is 0 Å². The summed E-state index contributed by atoms with van der Waals surface area (Å²) in [5.41, 5.74) is 4.98. The number of fused-ring (bicyclic) bond motifs is 4. The van der Waals surface area contributed by atoms with Crippen molar-refractivity contribution < 1.29 is 0 Å². The van der Waals surface area contributed by atoms with Gasteiger partial charge in [-0.05, 0) is 36.2 Å². The maximum atomic E-state index is 5.60. The van der Waals surface area contributed by atoms with E-state index >= 15 is 0 Å². The lowest BCUT2D eigenvalue weighted by Gasteiger charge is -2.66. The van der Waals surface area contributed by atoms with E-state index in [9.17, 15) is 0 Å². The van der Waals surface area contributed by atoms with Crippen molar-refractivity contribution in [1.29, 1.82) is 0 Å². The first kappa shape index (κ1) is 28.6. The second kappa shape index (κ2) is 11.1. The first-order valence-electron chi connectivity index (χ1n) is 18.3. The van der Waals surface area contributed by atoms with Crippen molar-refractivity contribution >= 4 is 18.4 Å². The van der Waals surface area contributed by atoms with Gasteiger partial charge in [-0.15, -0.1) is 0 Å². The monoisotopic (exact) mass is 644 g/mol. The molecule has 8 nitrogen and oxygen atoms in total. The number of nitrogens with zero attached hydrogens (tertiary/aromatic N) is 4. The molecule has 5 fully saturated rings. The minimum atomic E-state index is 0.00755. The van der Waals surface area contributed by atoms with Crippen LogP contribution in [0.15, 0.2) is 131 Å². The molecule has 0 spiro atoms. The van der Waals surface area contributed by atoms with Crippen LogP contribution in [0.4, 0.5) is 0 Å². The predicted octanol–water partition coefficient (Wildman–Crippen LogP) is 4.31. The van der Waals surface area contributed by atoms with Crippen molar-refractivity contribution in [3.8, 4) is 0 Å². The molecule has 4 aromatic rings. The van der Waals surface area contributed by atoms with E-state index in [-0.39, 0.29) is 48.6 Å². The summed E-state index contributed by atoms with van der Waals surface area (Å²) < 4.78 is 0. The van der Waals surface area contributed by atoms with Gasteiger partial charge < -0.3 is 20.4 Å². The predicted molar refractivity (Wildman–Crippen MR) is 194 cm³/mol. The molecule has 4 N–H and O–H groups in total.